The Hall–Kier alpha value is -3.12. The van der Waals surface area contributed by atoms with Crippen LogP contribution in [0.15, 0.2) is 65.1 Å². The minimum absolute atomic E-state index is 0.130. The molecule has 27 heavy (non-hydrogen) atoms. The number of carbonyl (C=O) groups is 1. The largest absolute Gasteiger partial charge is 0.492 e. The van der Waals surface area contributed by atoms with E-state index in [1.165, 1.54) is 6.07 Å². The molecular weight excluding hydrogens is 347 g/mol. The molecule has 0 bridgehead atoms. The molecule has 0 unspecified atom stereocenters. The Morgan fingerprint density at radius 1 is 1.07 bits per heavy atom. The van der Waals surface area contributed by atoms with Crippen molar-refractivity contribution >= 4 is 11.6 Å². The molecule has 1 heterocycles. The number of anilines is 1. The smallest absolute Gasteiger partial charge is 0.224 e. The number of aryl methyl sites for hydroxylation is 1. The average molecular weight is 368 g/mol. The molecule has 0 radical (unpaired) electrons. The van der Waals surface area contributed by atoms with Crippen LogP contribution in [0.5, 0.6) is 5.75 Å². The second kappa shape index (κ2) is 9.00. The molecule has 1 amide bonds. The molecule has 1 aromatic heterocycles. The number of halogens is 1. The minimum Gasteiger partial charge on any atom is -0.492 e. The van der Waals surface area contributed by atoms with Gasteiger partial charge >= 0.3 is 0 Å². The molecule has 3 rings (SSSR count). The summed E-state index contributed by atoms with van der Waals surface area (Å²) in [5.41, 5.74) is 6.48. The summed E-state index contributed by atoms with van der Waals surface area (Å²) in [6.07, 6.45) is 0.688. The van der Waals surface area contributed by atoms with Crippen LogP contribution in [0.3, 0.4) is 0 Å². The van der Waals surface area contributed by atoms with Gasteiger partial charge in [0.1, 0.15) is 29.7 Å². The highest BCUT2D eigenvalue weighted by Crippen LogP contribution is 2.25. The second-order valence-electron chi connectivity index (χ2n) is 5.96. The van der Waals surface area contributed by atoms with Crippen LogP contribution < -0.4 is 15.8 Å². The molecule has 0 aliphatic rings. The van der Waals surface area contributed by atoms with Crippen molar-refractivity contribution in [3.05, 3.63) is 72.2 Å². The topological polar surface area (TPSA) is 77.5 Å². The van der Waals surface area contributed by atoms with Gasteiger partial charge in [-0.3, -0.25) is 4.79 Å². The SMILES string of the molecule is NCCOc1ccc(NC(=O)CCc2ccc(-c3ccccc3F)o2)cc1. The molecule has 5 nitrogen and oxygen atoms in total. The number of hydrogen-bond donors (Lipinski definition) is 2. The van der Waals surface area contributed by atoms with Crippen LogP contribution in [0.1, 0.15) is 12.2 Å². The first-order valence-electron chi connectivity index (χ1n) is 8.72. The van der Waals surface area contributed by atoms with Gasteiger partial charge < -0.3 is 20.2 Å². The van der Waals surface area contributed by atoms with Crippen molar-refractivity contribution in [1.29, 1.82) is 0 Å². The maximum absolute atomic E-state index is 13.8. The minimum atomic E-state index is -0.338. The summed E-state index contributed by atoms with van der Waals surface area (Å²) < 4.78 is 24.8. The summed E-state index contributed by atoms with van der Waals surface area (Å²) >= 11 is 0. The standard InChI is InChI=1S/C21H21FN2O3/c22-19-4-2-1-3-18(19)20-11-9-17(27-20)10-12-21(25)24-15-5-7-16(8-6-15)26-14-13-23/h1-9,11H,10,12-14,23H2,(H,24,25). The van der Waals surface area contributed by atoms with Crippen molar-refractivity contribution in [2.75, 3.05) is 18.5 Å². The van der Waals surface area contributed by atoms with E-state index in [9.17, 15) is 9.18 Å². The third-order valence-corrected chi connectivity index (χ3v) is 3.92. The molecule has 0 aliphatic heterocycles. The lowest BCUT2D eigenvalue weighted by atomic mass is 10.1. The quantitative estimate of drug-likeness (QED) is 0.630. The molecule has 0 spiro atoms. The monoisotopic (exact) mass is 368 g/mol. The van der Waals surface area contributed by atoms with Gasteiger partial charge in [-0.1, -0.05) is 12.1 Å². The lowest BCUT2D eigenvalue weighted by Crippen LogP contribution is -2.12. The van der Waals surface area contributed by atoms with Crippen LogP contribution in [0, 0.1) is 5.82 Å². The summed E-state index contributed by atoms with van der Waals surface area (Å²) in [6, 6.07) is 17.0. The van der Waals surface area contributed by atoms with Gasteiger partial charge in [0.2, 0.25) is 5.91 Å². The average Bonchev–Trinajstić information content (AvgIpc) is 3.15. The number of carbonyl (C=O) groups excluding carboxylic acids is 1. The van der Waals surface area contributed by atoms with Crippen LogP contribution in [-0.2, 0) is 11.2 Å². The normalized spacial score (nSPS) is 10.6. The zero-order chi connectivity index (χ0) is 19.1. The number of rotatable bonds is 8. The molecule has 140 valence electrons. The van der Waals surface area contributed by atoms with Crippen molar-refractivity contribution in [2.24, 2.45) is 5.73 Å². The van der Waals surface area contributed by atoms with E-state index in [0.717, 1.165) is 0 Å². The Kier molecular flexibility index (Phi) is 6.22. The third kappa shape index (κ3) is 5.18. The molecular formula is C21H21FN2O3. The highest BCUT2D eigenvalue weighted by atomic mass is 19.1. The summed E-state index contributed by atoms with van der Waals surface area (Å²) in [7, 11) is 0. The Morgan fingerprint density at radius 2 is 1.85 bits per heavy atom. The molecule has 3 aromatic rings. The van der Waals surface area contributed by atoms with Crippen LogP contribution in [0.4, 0.5) is 10.1 Å². The Labute approximate surface area is 156 Å². The fourth-order valence-electron chi connectivity index (χ4n) is 2.59. The van der Waals surface area contributed by atoms with E-state index in [-0.39, 0.29) is 18.1 Å². The van der Waals surface area contributed by atoms with Gasteiger partial charge in [-0.25, -0.2) is 4.39 Å². The van der Waals surface area contributed by atoms with E-state index in [1.807, 2.05) is 0 Å². The predicted molar refractivity (Wildman–Crippen MR) is 102 cm³/mol. The Bertz CT molecular complexity index is 890. The Balaban J connectivity index is 1.51. The highest BCUT2D eigenvalue weighted by molar-refractivity contribution is 5.90. The van der Waals surface area contributed by atoms with Crippen LogP contribution >= 0.6 is 0 Å². The number of amides is 1. The highest BCUT2D eigenvalue weighted by Gasteiger charge is 2.10. The fraction of sp³-hybridized carbons (Fsp3) is 0.190. The zero-order valence-electron chi connectivity index (χ0n) is 14.8. The summed E-state index contributed by atoms with van der Waals surface area (Å²) in [5.74, 6) is 1.32. The molecule has 0 saturated carbocycles. The van der Waals surface area contributed by atoms with Gasteiger partial charge in [-0.05, 0) is 48.5 Å². The number of nitrogens with two attached hydrogens (primary N) is 1. The fourth-order valence-corrected chi connectivity index (χ4v) is 2.59. The van der Waals surface area contributed by atoms with Crippen molar-refractivity contribution in [3.63, 3.8) is 0 Å². The third-order valence-electron chi connectivity index (χ3n) is 3.92. The van der Waals surface area contributed by atoms with E-state index in [0.29, 0.717) is 48.1 Å². The van der Waals surface area contributed by atoms with E-state index >= 15 is 0 Å². The molecule has 0 fully saturated rings. The van der Waals surface area contributed by atoms with Gasteiger partial charge in [0.05, 0.1) is 5.56 Å². The number of nitrogens with one attached hydrogen (secondary N) is 1. The first-order valence-corrected chi connectivity index (χ1v) is 8.72. The van der Waals surface area contributed by atoms with Gasteiger partial charge in [-0.15, -0.1) is 0 Å². The Morgan fingerprint density at radius 3 is 2.59 bits per heavy atom. The maximum Gasteiger partial charge on any atom is 0.224 e. The molecule has 0 saturated heterocycles. The number of benzene rings is 2. The van der Waals surface area contributed by atoms with Crippen molar-refractivity contribution in [2.45, 2.75) is 12.8 Å². The number of furan rings is 1. The van der Waals surface area contributed by atoms with Crippen LogP contribution in [0.2, 0.25) is 0 Å². The van der Waals surface area contributed by atoms with E-state index in [2.05, 4.69) is 5.32 Å². The van der Waals surface area contributed by atoms with Gasteiger partial charge in [-0.2, -0.15) is 0 Å². The number of hydrogen-bond acceptors (Lipinski definition) is 4. The lowest BCUT2D eigenvalue weighted by Gasteiger charge is -2.07. The van der Waals surface area contributed by atoms with E-state index in [4.69, 9.17) is 14.9 Å². The molecule has 0 atom stereocenters. The van der Waals surface area contributed by atoms with E-state index < -0.39 is 0 Å². The summed E-state index contributed by atoms with van der Waals surface area (Å²) in [6.45, 7) is 0.896. The van der Waals surface area contributed by atoms with Crippen LogP contribution in [0.25, 0.3) is 11.3 Å². The van der Waals surface area contributed by atoms with Crippen LogP contribution in [-0.4, -0.2) is 19.1 Å². The molecule has 0 aliphatic carbocycles. The first-order chi connectivity index (χ1) is 13.2. The van der Waals surface area contributed by atoms with Crippen molar-refractivity contribution in [3.8, 4) is 17.1 Å². The van der Waals surface area contributed by atoms with Crippen molar-refractivity contribution in [1.82, 2.24) is 0 Å². The van der Waals surface area contributed by atoms with E-state index in [1.54, 1.807) is 54.6 Å². The zero-order valence-corrected chi connectivity index (χ0v) is 14.8. The summed E-state index contributed by atoms with van der Waals surface area (Å²) in [5, 5.41) is 2.82. The second-order valence-corrected chi connectivity index (χ2v) is 5.96. The summed E-state index contributed by atoms with van der Waals surface area (Å²) in [4.78, 5) is 12.1. The van der Waals surface area contributed by atoms with Gasteiger partial charge in [0, 0.05) is 25.1 Å². The molecule has 2 aromatic carbocycles. The van der Waals surface area contributed by atoms with Crippen molar-refractivity contribution < 1.29 is 18.3 Å². The molecule has 6 heteroatoms. The van der Waals surface area contributed by atoms with Gasteiger partial charge in [0.25, 0.3) is 0 Å². The maximum atomic E-state index is 13.8. The first kappa shape index (κ1) is 18.7. The number of ether oxygens (including phenoxy) is 1. The van der Waals surface area contributed by atoms with Gasteiger partial charge in [0.15, 0.2) is 0 Å². The lowest BCUT2D eigenvalue weighted by molar-refractivity contribution is -0.116. The molecule has 3 N–H and O–H groups in total. The predicted octanol–water partition coefficient (Wildman–Crippen LogP) is 3.99.